The van der Waals surface area contributed by atoms with Crippen molar-refractivity contribution >= 4 is 39.7 Å². The molecular weight excluding hydrogens is 410 g/mol. The fourth-order valence-corrected chi connectivity index (χ4v) is 6.11. The van der Waals surface area contributed by atoms with E-state index in [0.29, 0.717) is 22.2 Å². The van der Waals surface area contributed by atoms with Gasteiger partial charge in [-0.3, -0.25) is 4.79 Å². The molecule has 30 heavy (non-hydrogen) atoms. The van der Waals surface area contributed by atoms with Crippen molar-refractivity contribution in [3.8, 4) is 6.07 Å². The van der Waals surface area contributed by atoms with E-state index < -0.39 is 5.25 Å². The van der Waals surface area contributed by atoms with E-state index in [2.05, 4.69) is 18.3 Å². The van der Waals surface area contributed by atoms with Gasteiger partial charge in [-0.2, -0.15) is 5.26 Å². The smallest absolute Gasteiger partial charge is 0.243 e. The van der Waals surface area contributed by atoms with Crippen LogP contribution in [0.15, 0.2) is 59.5 Å². The van der Waals surface area contributed by atoms with Crippen LogP contribution in [0.1, 0.15) is 40.2 Å². The fourth-order valence-electron chi connectivity index (χ4n) is 3.72. The van der Waals surface area contributed by atoms with Crippen molar-refractivity contribution < 1.29 is 4.79 Å². The molecule has 1 aliphatic carbocycles. The molecule has 0 fully saturated rings. The molecule has 0 saturated carbocycles. The Bertz CT molecular complexity index is 1080. The van der Waals surface area contributed by atoms with E-state index in [-0.39, 0.29) is 5.91 Å². The van der Waals surface area contributed by atoms with Gasteiger partial charge in [-0.05, 0) is 60.6 Å². The summed E-state index contributed by atoms with van der Waals surface area (Å²) in [5.74, 6) is 0.496. The van der Waals surface area contributed by atoms with Crippen molar-refractivity contribution in [3.63, 3.8) is 0 Å². The maximum absolute atomic E-state index is 13.4. The predicted molar refractivity (Wildman–Crippen MR) is 125 cm³/mol. The molecule has 2 aromatic carbocycles. The van der Waals surface area contributed by atoms with Crippen LogP contribution in [-0.2, 0) is 17.6 Å². The van der Waals surface area contributed by atoms with Crippen LogP contribution in [0.2, 0.25) is 0 Å². The van der Waals surface area contributed by atoms with Gasteiger partial charge in [-0.1, -0.05) is 37.3 Å². The van der Waals surface area contributed by atoms with Crippen LogP contribution in [0.4, 0.5) is 10.7 Å². The van der Waals surface area contributed by atoms with E-state index in [1.54, 1.807) is 11.3 Å². The van der Waals surface area contributed by atoms with Gasteiger partial charge in [0.25, 0.3) is 0 Å². The van der Waals surface area contributed by atoms with Gasteiger partial charge >= 0.3 is 0 Å². The summed E-state index contributed by atoms with van der Waals surface area (Å²) in [6.07, 6.45) is 2.98. The number of nitriles is 1. The van der Waals surface area contributed by atoms with Crippen LogP contribution in [0.25, 0.3) is 0 Å². The van der Waals surface area contributed by atoms with Gasteiger partial charge < -0.3 is 11.1 Å². The molecule has 2 unspecified atom stereocenters. The number of carbonyl (C=O) groups is 1. The zero-order valence-corrected chi connectivity index (χ0v) is 18.4. The third kappa shape index (κ3) is 4.38. The zero-order chi connectivity index (χ0) is 21.1. The average molecular weight is 434 g/mol. The summed E-state index contributed by atoms with van der Waals surface area (Å²) >= 11 is 3.04. The second-order valence-electron chi connectivity index (χ2n) is 7.63. The number of thioether (sulfide) groups is 1. The van der Waals surface area contributed by atoms with Gasteiger partial charge in [0, 0.05) is 15.5 Å². The van der Waals surface area contributed by atoms with Gasteiger partial charge in [-0.25, -0.2) is 0 Å². The highest BCUT2D eigenvalue weighted by Gasteiger charge is 2.27. The number of fused-ring (bicyclic) bond motifs is 1. The van der Waals surface area contributed by atoms with E-state index >= 15 is 0 Å². The van der Waals surface area contributed by atoms with E-state index in [0.717, 1.165) is 35.3 Å². The van der Waals surface area contributed by atoms with E-state index in [1.165, 1.54) is 16.6 Å². The van der Waals surface area contributed by atoms with Crippen molar-refractivity contribution in [2.24, 2.45) is 5.92 Å². The summed E-state index contributed by atoms with van der Waals surface area (Å²) in [6.45, 7) is 2.24. The van der Waals surface area contributed by atoms with Crippen LogP contribution in [0.5, 0.6) is 0 Å². The highest BCUT2D eigenvalue weighted by molar-refractivity contribution is 8.00. The molecule has 2 atom stereocenters. The van der Waals surface area contributed by atoms with Gasteiger partial charge in [-0.15, -0.1) is 23.1 Å². The van der Waals surface area contributed by atoms with Crippen molar-refractivity contribution in [1.29, 1.82) is 5.26 Å². The highest BCUT2D eigenvalue weighted by atomic mass is 32.2. The molecule has 152 valence electrons. The van der Waals surface area contributed by atoms with Gasteiger partial charge in [0.05, 0.1) is 5.56 Å². The van der Waals surface area contributed by atoms with Crippen LogP contribution in [0.3, 0.4) is 0 Å². The van der Waals surface area contributed by atoms with Crippen molar-refractivity contribution in [1.82, 2.24) is 0 Å². The first-order chi connectivity index (χ1) is 14.5. The number of nitrogen functional groups attached to an aromatic ring is 1. The number of anilines is 2. The number of nitrogens with zero attached hydrogens (tertiary/aromatic N) is 1. The topological polar surface area (TPSA) is 78.9 Å². The molecule has 1 heterocycles. The summed E-state index contributed by atoms with van der Waals surface area (Å²) in [5.41, 5.74) is 9.18. The van der Waals surface area contributed by atoms with E-state index in [9.17, 15) is 10.1 Å². The fraction of sp³-hybridized carbons (Fsp3) is 0.250. The Morgan fingerprint density at radius 2 is 1.97 bits per heavy atom. The lowest BCUT2D eigenvalue weighted by Crippen LogP contribution is -2.19. The maximum atomic E-state index is 13.4. The number of nitrogens with two attached hydrogens (primary N) is 1. The molecule has 0 aliphatic heterocycles. The SMILES string of the molecule is CC1CCc2c(sc(NC(=O)C(Sc3ccc(N)cc3)c3ccccc3)c2C#N)C1. The Kier molecular flexibility index (Phi) is 6.12. The van der Waals surface area contributed by atoms with Crippen LogP contribution >= 0.6 is 23.1 Å². The number of carbonyl (C=O) groups excluding carboxylic acids is 1. The molecule has 6 heteroatoms. The highest BCUT2D eigenvalue weighted by Crippen LogP contribution is 2.41. The average Bonchev–Trinajstić information content (AvgIpc) is 3.09. The summed E-state index contributed by atoms with van der Waals surface area (Å²) in [6, 6.07) is 19.6. The van der Waals surface area contributed by atoms with Gasteiger partial charge in [0.2, 0.25) is 5.91 Å². The molecule has 1 amide bonds. The minimum Gasteiger partial charge on any atom is -0.399 e. The Labute approximate surface area is 185 Å². The number of amides is 1. The standard InChI is InChI=1S/C24H23N3OS2/c1-15-7-12-19-20(14-25)24(30-21(19)13-15)27-23(28)22(16-5-3-2-4-6-16)29-18-10-8-17(26)9-11-18/h2-6,8-11,15,22H,7,12-13,26H2,1H3,(H,27,28). The lowest BCUT2D eigenvalue weighted by molar-refractivity contribution is -0.115. The summed E-state index contributed by atoms with van der Waals surface area (Å²) in [7, 11) is 0. The normalized spacial score (nSPS) is 16.3. The summed E-state index contributed by atoms with van der Waals surface area (Å²) < 4.78 is 0. The maximum Gasteiger partial charge on any atom is 0.243 e. The number of thiophene rings is 1. The summed E-state index contributed by atoms with van der Waals surface area (Å²) in [4.78, 5) is 15.6. The second kappa shape index (κ2) is 8.95. The molecule has 0 saturated heterocycles. The molecule has 4 nitrogen and oxygen atoms in total. The van der Waals surface area contributed by atoms with E-state index in [1.807, 2.05) is 54.6 Å². The lowest BCUT2D eigenvalue weighted by Gasteiger charge is -2.17. The Hall–Kier alpha value is -2.75. The predicted octanol–water partition coefficient (Wildman–Crippen LogP) is 5.80. The molecule has 1 aromatic heterocycles. The largest absolute Gasteiger partial charge is 0.399 e. The van der Waals surface area contributed by atoms with Crippen molar-refractivity contribution in [2.45, 2.75) is 36.3 Å². The summed E-state index contributed by atoms with van der Waals surface area (Å²) in [5, 5.41) is 13.1. The third-order valence-electron chi connectivity index (χ3n) is 5.33. The number of benzene rings is 2. The number of nitrogens with one attached hydrogen (secondary N) is 1. The minimum atomic E-state index is -0.431. The Morgan fingerprint density at radius 3 is 2.67 bits per heavy atom. The molecular formula is C24H23N3OS2. The second-order valence-corrected chi connectivity index (χ2v) is 9.92. The van der Waals surface area contributed by atoms with Crippen molar-refractivity contribution in [2.75, 3.05) is 11.1 Å². The molecule has 0 spiro atoms. The quantitative estimate of drug-likeness (QED) is 0.394. The van der Waals surface area contributed by atoms with Crippen LogP contribution < -0.4 is 11.1 Å². The van der Waals surface area contributed by atoms with E-state index in [4.69, 9.17) is 5.73 Å². The van der Waals surface area contributed by atoms with Gasteiger partial charge in [0.15, 0.2) is 0 Å². The first kappa shape index (κ1) is 20.5. The first-order valence-electron chi connectivity index (χ1n) is 9.97. The van der Waals surface area contributed by atoms with Crippen LogP contribution in [-0.4, -0.2) is 5.91 Å². The third-order valence-corrected chi connectivity index (χ3v) is 7.77. The van der Waals surface area contributed by atoms with Gasteiger partial charge in [0.1, 0.15) is 16.3 Å². The minimum absolute atomic E-state index is 0.119. The number of hydrogen-bond acceptors (Lipinski definition) is 5. The Balaban J connectivity index is 1.63. The molecule has 1 aliphatic rings. The molecule has 3 N–H and O–H groups in total. The molecule has 0 radical (unpaired) electrons. The molecule has 3 aromatic rings. The number of rotatable bonds is 5. The van der Waals surface area contributed by atoms with Crippen LogP contribution in [0, 0.1) is 17.2 Å². The van der Waals surface area contributed by atoms with Crippen molar-refractivity contribution in [3.05, 3.63) is 76.2 Å². The lowest BCUT2D eigenvalue weighted by atomic mass is 9.88. The molecule has 0 bridgehead atoms. The molecule has 4 rings (SSSR count). The monoisotopic (exact) mass is 433 g/mol. The number of hydrogen-bond donors (Lipinski definition) is 2. The first-order valence-corrected chi connectivity index (χ1v) is 11.7. The zero-order valence-electron chi connectivity index (χ0n) is 16.7. The Morgan fingerprint density at radius 1 is 1.23 bits per heavy atom.